The minimum absolute atomic E-state index is 0.695. The van der Waals surface area contributed by atoms with E-state index in [1.807, 2.05) is 13.6 Å². The van der Waals surface area contributed by atoms with Crippen molar-refractivity contribution in [2.75, 3.05) is 13.3 Å². The molecular weight excluding hydrogens is 197 g/mol. The molecule has 0 aromatic rings. The molecule has 0 N–H and O–H groups in total. The van der Waals surface area contributed by atoms with E-state index in [0.717, 1.165) is 0 Å². The molecule has 0 aromatic heterocycles. The third-order valence-corrected chi connectivity index (χ3v) is 2.04. The van der Waals surface area contributed by atoms with Gasteiger partial charge in [0.2, 0.25) is 0 Å². The average molecular weight is 205 g/mol. The standard InChI is InChI=1S/C3H8ClOPSe/c1-3-5-6(2,4)7/h3H2,1-2H3. The van der Waals surface area contributed by atoms with Gasteiger partial charge in [-0.2, -0.15) is 0 Å². The van der Waals surface area contributed by atoms with Crippen LogP contribution in [0.1, 0.15) is 6.92 Å². The molecule has 0 amide bonds. The molecule has 0 bridgehead atoms. The Morgan fingerprint density at radius 3 is 2.29 bits per heavy atom. The van der Waals surface area contributed by atoms with E-state index in [1.165, 1.54) is 0 Å². The van der Waals surface area contributed by atoms with Gasteiger partial charge in [-0.15, -0.1) is 0 Å². The van der Waals surface area contributed by atoms with Gasteiger partial charge in [0.15, 0.2) is 0 Å². The van der Waals surface area contributed by atoms with Gasteiger partial charge in [0.05, 0.1) is 0 Å². The van der Waals surface area contributed by atoms with Crippen LogP contribution >= 0.6 is 16.3 Å². The second-order valence-electron chi connectivity index (χ2n) is 1.16. The summed E-state index contributed by atoms with van der Waals surface area (Å²) in [6.45, 7) is 4.50. The van der Waals surface area contributed by atoms with Crippen molar-refractivity contribution >= 4 is 31.4 Å². The number of rotatable bonds is 2. The Labute approximate surface area is 56.5 Å². The minimum atomic E-state index is -1.57. The summed E-state index contributed by atoms with van der Waals surface area (Å²) in [4.78, 5) is 0. The Balaban J connectivity index is 3.36. The van der Waals surface area contributed by atoms with Gasteiger partial charge in [-0.1, -0.05) is 0 Å². The number of hydrogen-bond acceptors (Lipinski definition) is 1. The summed E-state index contributed by atoms with van der Waals surface area (Å²) >= 11 is 8.44. The third kappa shape index (κ3) is 7.20. The fraction of sp³-hybridized carbons (Fsp3) is 1.00. The van der Waals surface area contributed by atoms with Crippen molar-refractivity contribution in [2.24, 2.45) is 0 Å². The fourth-order valence-corrected chi connectivity index (χ4v) is 1.65. The molecule has 4 heteroatoms. The zero-order valence-corrected chi connectivity index (χ0v) is 7.71. The van der Waals surface area contributed by atoms with Gasteiger partial charge in [0.25, 0.3) is 0 Å². The van der Waals surface area contributed by atoms with Gasteiger partial charge in [0.1, 0.15) is 0 Å². The van der Waals surface area contributed by atoms with E-state index in [-0.39, 0.29) is 0 Å². The van der Waals surface area contributed by atoms with Crippen LogP contribution in [0.25, 0.3) is 0 Å². The van der Waals surface area contributed by atoms with Crippen molar-refractivity contribution < 1.29 is 4.52 Å². The predicted octanol–water partition coefficient (Wildman–Crippen LogP) is 1.82. The van der Waals surface area contributed by atoms with Crippen LogP contribution in [0, 0.1) is 0 Å². The van der Waals surface area contributed by atoms with Crippen molar-refractivity contribution in [3.05, 3.63) is 0 Å². The van der Waals surface area contributed by atoms with E-state index in [9.17, 15) is 0 Å². The second-order valence-corrected chi connectivity index (χ2v) is 10.6. The van der Waals surface area contributed by atoms with Crippen LogP contribution in [0.2, 0.25) is 0 Å². The summed E-state index contributed by atoms with van der Waals surface area (Å²) < 4.78 is 5.05. The van der Waals surface area contributed by atoms with Gasteiger partial charge < -0.3 is 0 Å². The molecule has 1 atom stereocenters. The van der Waals surface area contributed by atoms with E-state index in [0.29, 0.717) is 6.61 Å². The van der Waals surface area contributed by atoms with Crippen LogP contribution in [-0.2, 0) is 4.52 Å². The molecule has 0 heterocycles. The molecule has 0 aromatic carbocycles. The van der Waals surface area contributed by atoms with E-state index >= 15 is 0 Å². The average Bonchev–Trinajstić information content (AvgIpc) is 1.30. The number of hydrogen-bond donors (Lipinski definition) is 0. The first kappa shape index (κ1) is 8.20. The Morgan fingerprint density at radius 1 is 1.86 bits per heavy atom. The molecule has 44 valence electrons. The molecule has 0 aliphatic heterocycles. The van der Waals surface area contributed by atoms with Crippen molar-refractivity contribution in [3.63, 3.8) is 0 Å². The van der Waals surface area contributed by atoms with Crippen LogP contribution in [-0.4, -0.2) is 28.4 Å². The van der Waals surface area contributed by atoms with E-state index in [1.54, 1.807) is 0 Å². The zero-order chi connectivity index (χ0) is 5.91. The molecule has 1 nitrogen and oxygen atoms in total. The molecule has 1 unspecified atom stereocenters. The normalized spacial score (nSPS) is 18.7. The molecule has 0 spiro atoms. The quantitative estimate of drug-likeness (QED) is 0.494. The Bertz CT molecular complexity index is 88.9. The van der Waals surface area contributed by atoms with E-state index < -0.39 is 5.09 Å². The number of halogens is 1. The Hall–Kier alpha value is 1.20. The molecule has 0 radical (unpaired) electrons. The van der Waals surface area contributed by atoms with Gasteiger partial charge in [-0.25, -0.2) is 0 Å². The van der Waals surface area contributed by atoms with Gasteiger partial charge in [0, 0.05) is 0 Å². The molecule has 0 saturated carbocycles. The first-order valence-electron chi connectivity index (χ1n) is 1.98. The molecule has 0 aliphatic carbocycles. The molecule has 0 saturated heterocycles. The van der Waals surface area contributed by atoms with Crippen LogP contribution in [0.4, 0.5) is 0 Å². The fourth-order valence-electron chi connectivity index (χ4n) is 0.231. The van der Waals surface area contributed by atoms with Crippen LogP contribution in [0.15, 0.2) is 0 Å². The predicted molar refractivity (Wildman–Crippen MR) is 36.1 cm³/mol. The maximum absolute atomic E-state index is 5.67. The summed E-state index contributed by atoms with van der Waals surface area (Å²) in [6.07, 6.45) is 0. The van der Waals surface area contributed by atoms with Gasteiger partial charge in [-0.3, -0.25) is 0 Å². The van der Waals surface area contributed by atoms with E-state index in [2.05, 4.69) is 15.1 Å². The topological polar surface area (TPSA) is 9.23 Å². The summed E-state index contributed by atoms with van der Waals surface area (Å²) in [6, 6.07) is 0. The molecular formula is C3H8ClOPSe. The van der Waals surface area contributed by atoms with Gasteiger partial charge >= 0.3 is 56.1 Å². The van der Waals surface area contributed by atoms with E-state index in [4.69, 9.17) is 15.8 Å². The Morgan fingerprint density at radius 2 is 2.29 bits per heavy atom. The van der Waals surface area contributed by atoms with Crippen LogP contribution < -0.4 is 0 Å². The Kier molecular flexibility index (Phi) is 3.83. The summed E-state index contributed by atoms with van der Waals surface area (Å²) in [5, 5.41) is -1.57. The third-order valence-electron chi connectivity index (χ3n) is 0.360. The first-order valence-corrected chi connectivity index (χ1v) is 7.25. The molecule has 7 heavy (non-hydrogen) atoms. The molecule has 0 rings (SSSR count). The van der Waals surface area contributed by atoms with Crippen molar-refractivity contribution in [2.45, 2.75) is 6.92 Å². The van der Waals surface area contributed by atoms with Crippen molar-refractivity contribution in [3.8, 4) is 0 Å². The zero-order valence-electron chi connectivity index (χ0n) is 4.35. The summed E-state index contributed by atoms with van der Waals surface area (Å²) in [5.74, 6) is 0. The first-order chi connectivity index (χ1) is 3.06. The second kappa shape index (κ2) is 3.27. The summed E-state index contributed by atoms with van der Waals surface area (Å²) in [5.41, 5.74) is 0. The van der Waals surface area contributed by atoms with Crippen LogP contribution in [0.5, 0.6) is 0 Å². The SMILES string of the molecule is CCOP(C)(Cl)=[Se]. The molecule has 0 aliphatic rings. The van der Waals surface area contributed by atoms with Crippen LogP contribution in [0.3, 0.4) is 0 Å². The maximum atomic E-state index is 5.67. The summed E-state index contributed by atoms with van der Waals surface area (Å²) in [7, 11) is 0. The van der Waals surface area contributed by atoms with Gasteiger partial charge in [-0.05, 0) is 0 Å². The van der Waals surface area contributed by atoms with Crippen molar-refractivity contribution in [1.29, 1.82) is 0 Å². The molecule has 0 fully saturated rings. The van der Waals surface area contributed by atoms with Crippen molar-refractivity contribution in [1.82, 2.24) is 0 Å². The monoisotopic (exact) mass is 206 g/mol.